The van der Waals surface area contributed by atoms with Gasteiger partial charge in [-0.25, -0.2) is 0 Å². The number of aromatic nitrogens is 1. The molecule has 1 amide bonds. The van der Waals surface area contributed by atoms with Gasteiger partial charge in [0.1, 0.15) is 0 Å². The minimum absolute atomic E-state index is 0.110. The van der Waals surface area contributed by atoms with Crippen LogP contribution in [0.15, 0.2) is 10.6 Å². The topological polar surface area (TPSA) is 75.8 Å². The molecule has 3 rings (SSSR count). The highest BCUT2D eigenvalue weighted by atomic mass is 16.5. The molecule has 2 aliphatic rings. The van der Waals surface area contributed by atoms with Crippen molar-refractivity contribution in [2.75, 3.05) is 19.7 Å². The number of piperidine rings is 1. The van der Waals surface area contributed by atoms with Gasteiger partial charge >= 0.3 is 0 Å². The maximum atomic E-state index is 12.5. The second-order valence-corrected chi connectivity index (χ2v) is 6.99. The molecular formula is C17H26N2O4. The second kappa shape index (κ2) is 6.24. The number of hydrogen-bond acceptors (Lipinski definition) is 5. The summed E-state index contributed by atoms with van der Waals surface area (Å²) >= 11 is 0. The van der Waals surface area contributed by atoms with E-state index in [1.54, 1.807) is 11.0 Å². The van der Waals surface area contributed by atoms with Crippen molar-refractivity contribution in [3.63, 3.8) is 0 Å². The predicted octanol–water partition coefficient (Wildman–Crippen LogP) is 2.19. The van der Waals surface area contributed by atoms with Crippen molar-refractivity contribution in [1.29, 1.82) is 0 Å². The summed E-state index contributed by atoms with van der Waals surface area (Å²) in [6.45, 7) is 7.92. The molecular weight excluding hydrogens is 296 g/mol. The molecule has 1 saturated carbocycles. The first-order valence-electron chi connectivity index (χ1n) is 8.53. The fraction of sp³-hybridized carbons (Fsp3) is 0.765. The third kappa shape index (κ3) is 2.78. The number of carbonyl (C=O) groups is 1. The van der Waals surface area contributed by atoms with E-state index in [4.69, 9.17) is 9.26 Å². The molecule has 128 valence electrons. The quantitative estimate of drug-likeness (QED) is 0.919. The molecule has 1 aliphatic carbocycles. The maximum Gasteiger partial charge on any atom is 0.292 e. The first-order chi connectivity index (χ1) is 11.0. The summed E-state index contributed by atoms with van der Waals surface area (Å²) in [5.74, 6) is 0.434. The molecule has 2 heterocycles. The van der Waals surface area contributed by atoms with E-state index in [0.717, 1.165) is 18.5 Å². The van der Waals surface area contributed by atoms with Crippen molar-refractivity contribution < 1.29 is 19.2 Å². The lowest BCUT2D eigenvalue weighted by Gasteiger charge is -2.56. The van der Waals surface area contributed by atoms with Crippen LogP contribution in [-0.2, 0) is 4.74 Å². The third-order valence-corrected chi connectivity index (χ3v) is 5.42. The average molecular weight is 322 g/mol. The van der Waals surface area contributed by atoms with Crippen molar-refractivity contribution in [3.05, 3.63) is 17.5 Å². The maximum absolute atomic E-state index is 12.5. The second-order valence-electron chi connectivity index (χ2n) is 6.99. The van der Waals surface area contributed by atoms with Crippen LogP contribution < -0.4 is 0 Å². The smallest absolute Gasteiger partial charge is 0.292 e. The van der Waals surface area contributed by atoms with Crippen LogP contribution in [0.1, 0.15) is 62.2 Å². The molecule has 1 aliphatic heterocycles. The lowest BCUT2D eigenvalue weighted by atomic mass is 9.58. The van der Waals surface area contributed by atoms with E-state index in [-0.39, 0.29) is 29.4 Å². The van der Waals surface area contributed by atoms with Gasteiger partial charge in [-0.3, -0.25) is 4.79 Å². The summed E-state index contributed by atoms with van der Waals surface area (Å²) in [6, 6.07) is 1.73. The van der Waals surface area contributed by atoms with Crippen molar-refractivity contribution >= 4 is 5.91 Å². The first kappa shape index (κ1) is 16.5. The number of hydrogen-bond donors (Lipinski definition) is 1. The number of ether oxygens (including phenoxy) is 1. The highest BCUT2D eigenvalue weighted by Crippen LogP contribution is 2.51. The number of likely N-dealkylation sites (tertiary alicyclic amines) is 1. The van der Waals surface area contributed by atoms with Gasteiger partial charge in [0.2, 0.25) is 5.76 Å². The molecule has 0 bridgehead atoms. The Bertz CT molecular complexity index is 559. The molecule has 0 radical (unpaired) electrons. The van der Waals surface area contributed by atoms with Gasteiger partial charge in [-0.15, -0.1) is 0 Å². The van der Waals surface area contributed by atoms with E-state index < -0.39 is 0 Å². The zero-order valence-corrected chi connectivity index (χ0v) is 14.1. The van der Waals surface area contributed by atoms with E-state index in [1.807, 2.05) is 20.8 Å². The summed E-state index contributed by atoms with van der Waals surface area (Å²) in [6.07, 6.45) is 2.07. The minimum atomic E-state index is -0.311. The first-order valence-corrected chi connectivity index (χ1v) is 8.53. The van der Waals surface area contributed by atoms with E-state index in [0.29, 0.717) is 31.9 Å². The molecule has 2 atom stereocenters. The molecule has 1 N–H and O–H groups in total. The standard InChI is InChI=1S/C17H26N2O4/c1-4-22-15-10-14(20)17(15)5-7-19(8-6-17)16(21)13-9-12(11(2)3)18-23-13/h9,11,14-15,20H,4-8,10H2,1-3H3/t14-,15+/m0/s1. The van der Waals surface area contributed by atoms with Crippen LogP contribution in [0.25, 0.3) is 0 Å². The fourth-order valence-electron chi connectivity index (χ4n) is 3.76. The molecule has 1 aromatic rings. The molecule has 6 nitrogen and oxygen atoms in total. The molecule has 1 spiro atoms. The van der Waals surface area contributed by atoms with Crippen LogP contribution in [0.5, 0.6) is 0 Å². The van der Waals surface area contributed by atoms with Crippen molar-refractivity contribution in [1.82, 2.24) is 10.1 Å². The number of aliphatic hydroxyl groups excluding tert-OH is 1. The van der Waals surface area contributed by atoms with Gasteiger partial charge in [0, 0.05) is 37.6 Å². The third-order valence-electron chi connectivity index (χ3n) is 5.42. The van der Waals surface area contributed by atoms with Crippen LogP contribution in [0, 0.1) is 5.41 Å². The molecule has 2 fully saturated rings. The summed E-state index contributed by atoms with van der Waals surface area (Å²) < 4.78 is 11.0. The fourth-order valence-corrected chi connectivity index (χ4v) is 3.76. The Morgan fingerprint density at radius 1 is 1.52 bits per heavy atom. The minimum Gasteiger partial charge on any atom is -0.392 e. The highest BCUT2D eigenvalue weighted by Gasteiger charge is 2.56. The summed E-state index contributed by atoms with van der Waals surface area (Å²) in [5.41, 5.74) is 0.629. The highest BCUT2D eigenvalue weighted by molar-refractivity contribution is 5.91. The van der Waals surface area contributed by atoms with Gasteiger partial charge in [-0.2, -0.15) is 0 Å². The van der Waals surface area contributed by atoms with Crippen LogP contribution in [0.3, 0.4) is 0 Å². The number of rotatable bonds is 4. The van der Waals surface area contributed by atoms with Crippen LogP contribution in [-0.4, -0.2) is 53.0 Å². The number of nitrogens with zero attached hydrogens (tertiary/aromatic N) is 2. The Morgan fingerprint density at radius 2 is 2.22 bits per heavy atom. The predicted molar refractivity (Wildman–Crippen MR) is 84.2 cm³/mol. The largest absolute Gasteiger partial charge is 0.392 e. The molecule has 1 saturated heterocycles. The van der Waals surface area contributed by atoms with Crippen molar-refractivity contribution in [3.8, 4) is 0 Å². The van der Waals surface area contributed by atoms with Crippen molar-refractivity contribution in [2.24, 2.45) is 5.41 Å². The van der Waals surface area contributed by atoms with Gasteiger partial charge in [0.05, 0.1) is 17.9 Å². The SMILES string of the molecule is CCO[C@@H]1C[C@H](O)C12CCN(C(=O)c1cc(C(C)C)no1)CC2. The van der Waals surface area contributed by atoms with Crippen LogP contribution in [0.4, 0.5) is 0 Å². The Kier molecular flexibility index (Phi) is 4.47. The van der Waals surface area contributed by atoms with Crippen LogP contribution in [0.2, 0.25) is 0 Å². The molecule has 6 heteroatoms. The lowest BCUT2D eigenvalue weighted by molar-refractivity contribution is -0.207. The van der Waals surface area contributed by atoms with Gasteiger partial charge < -0.3 is 19.3 Å². The van der Waals surface area contributed by atoms with E-state index in [2.05, 4.69) is 5.16 Å². The van der Waals surface area contributed by atoms with Crippen molar-refractivity contribution in [2.45, 2.75) is 58.2 Å². The molecule has 1 aromatic heterocycles. The lowest BCUT2D eigenvalue weighted by Crippen LogP contribution is -2.62. The molecule has 23 heavy (non-hydrogen) atoms. The summed E-state index contributed by atoms with van der Waals surface area (Å²) in [5, 5.41) is 14.2. The Labute approximate surface area is 136 Å². The van der Waals surface area contributed by atoms with E-state index >= 15 is 0 Å². The monoisotopic (exact) mass is 322 g/mol. The summed E-state index contributed by atoms with van der Waals surface area (Å²) in [7, 11) is 0. The zero-order chi connectivity index (χ0) is 16.6. The Hall–Kier alpha value is -1.40. The van der Waals surface area contributed by atoms with Gasteiger partial charge in [-0.05, 0) is 25.7 Å². The van der Waals surface area contributed by atoms with Gasteiger partial charge in [-0.1, -0.05) is 19.0 Å². The van der Waals surface area contributed by atoms with Gasteiger partial charge in [0.15, 0.2) is 0 Å². The number of aliphatic hydroxyl groups is 1. The Balaban J connectivity index is 1.63. The molecule has 0 aromatic carbocycles. The van der Waals surface area contributed by atoms with Gasteiger partial charge in [0.25, 0.3) is 5.91 Å². The normalized spacial score (nSPS) is 26.6. The average Bonchev–Trinajstić information content (AvgIpc) is 3.04. The van der Waals surface area contributed by atoms with Crippen LogP contribution >= 0.6 is 0 Å². The van der Waals surface area contributed by atoms with E-state index in [1.165, 1.54) is 0 Å². The Morgan fingerprint density at radius 3 is 2.74 bits per heavy atom. The zero-order valence-electron chi connectivity index (χ0n) is 14.1. The molecule has 0 unspecified atom stereocenters. The summed E-state index contributed by atoms with van der Waals surface area (Å²) in [4.78, 5) is 14.3. The van der Waals surface area contributed by atoms with E-state index in [9.17, 15) is 9.90 Å². The number of carbonyl (C=O) groups excluding carboxylic acids is 1. The number of amides is 1.